The van der Waals surface area contributed by atoms with Crippen LogP contribution in [0.5, 0.6) is 0 Å². The van der Waals surface area contributed by atoms with Crippen LogP contribution in [0.3, 0.4) is 0 Å². The zero-order chi connectivity index (χ0) is 21.1. The summed E-state index contributed by atoms with van der Waals surface area (Å²) in [7, 11) is 0. The number of amides is 1. The van der Waals surface area contributed by atoms with E-state index in [1.165, 1.54) is 23.4 Å². The van der Waals surface area contributed by atoms with E-state index in [1.54, 1.807) is 17.7 Å². The monoisotopic (exact) mass is 408 g/mol. The maximum atomic E-state index is 13.7. The molecule has 0 bridgehead atoms. The van der Waals surface area contributed by atoms with Crippen molar-refractivity contribution in [3.05, 3.63) is 71.3 Å². The van der Waals surface area contributed by atoms with Crippen molar-refractivity contribution >= 4 is 11.6 Å². The van der Waals surface area contributed by atoms with Gasteiger partial charge in [-0.2, -0.15) is 0 Å². The molecule has 1 atom stereocenters. The summed E-state index contributed by atoms with van der Waals surface area (Å²) >= 11 is 0. The first-order valence-corrected chi connectivity index (χ1v) is 10.1. The van der Waals surface area contributed by atoms with Gasteiger partial charge in [0.1, 0.15) is 17.7 Å². The van der Waals surface area contributed by atoms with E-state index in [1.807, 2.05) is 23.1 Å². The van der Waals surface area contributed by atoms with Crippen LogP contribution >= 0.6 is 0 Å². The molecule has 7 nitrogen and oxygen atoms in total. The number of anilines is 1. The molecule has 1 unspecified atom stereocenters. The average molecular weight is 408 g/mol. The second-order valence-corrected chi connectivity index (χ2v) is 7.62. The van der Waals surface area contributed by atoms with E-state index in [9.17, 15) is 9.18 Å². The minimum Gasteiger partial charge on any atom is -0.368 e. The van der Waals surface area contributed by atoms with Crippen molar-refractivity contribution in [2.45, 2.75) is 26.3 Å². The summed E-state index contributed by atoms with van der Waals surface area (Å²) in [6.07, 6.45) is 0.334. The Morgan fingerprint density at radius 3 is 2.50 bits per heavy atom. The molecule has 30 heavy (non-hydrogen) atoms. The SMILES string of the molecule is Cc1ccccc1N1CCN(C(=O)C(Cc2cccc(F)c2)n2nnnc2C)CC1. The number of hydrogen-bond donors (Lipinski definition) is 0. The number of carbonyl (C=O) groups excluding carboxylic acids is 1. The molecule has 2 heterocycles. The van der Waals surface area contributed by atoms with Gasteiger partial charge in [-0.3, -0.25) is 4.79 Å². The van der Waals surface area contributed by atoms with Gasteiger partial charge < -0.3 is 9.80 Å². The number of benzene rings is 2. The summed E-state index contributed by atoms with van der Waals surface area (Å²) in [5.74, 6) is 0.196. The summed E-state index contributed by atoms with van der Waals surface area (Å²) in [5.41, 5.74) is 3.17. The second-order valence-electron chi connectivity index (χ2n) is 7.62. The molecule has 1 aromatic heterocycles. The van der Waals surface area contributed by atoms with E-state index >= 15 is 0 Å². The average Bonchev–Trinajstić information content (AvgIpc) is 3.18. The van der Waals surface area contributed by atoms with E-state index < -0.39 is 6.04 Å². The number of para-hydroxylation sites is 1. The normalized spacial score (nSPS) is 15.3. The van der Waals surface area contributed by atoms with Crippen molar-refractivity contribution in [1.82, 2.24) is 25.1 Å². The molecule has 3 aromatic rings. The lowest BCUT2D eigenvalue weighted by Gasteiger charge is -2.38. The van der Waals surface area contributed by atoms with Crippen LogP contribution in [-0.2, 0) is 11.2 Å². The maximum absolute atomic E-state index is 13.7. The van der Waals surface area contributed by atoms with Crippen molar-refractivity contribution in [2.24, 2.45) is 0 Å². The van der Waals surface area contributed by atoms with Gasteiger partial charge in [0.2, 0.25) is 5.91 Å². The number of hydrogen-bond acceptors (Lipinski definition) is 5. The Morgan fingerprint density at radius 2 is 1.83 bits per heavy atom. The fourth-order valence-electron chi connectivity index (χ4n) is 3.99. The highest BCUT2D eigenvalue weighted by molar-refractivity contribution is 5.81. The predicted molar refractivity (Wildman–Crippen MR) is 112 cm³/mol. The molecule has 156 valence electrons. The van der Waals surface area contributed by atoms with Crippen LogP contribution in [0.4, 0.5) is 10.1 Å². The maximum Gasteiger partial charge on any atom is 0.248 e. The van der Waals surface area contributed by atoms with Gasteiger partial charge in [0, 0.05) is 38.3 Å². The highest BCUT2D eigenvalue weighted by atomic mass is 19.1. The van der Waals surface area contributed by atoms with Gasteiger partial charge in [-0.15, -0.1) is 5.10 Å². The molecule has 4 rings (SSSR count). The van der Waals surface area contributed by atoms with Crippen molar-refractivity contribution in [3.8, 4) is 0 Å². The van der Waals surface area contributed by atoms with Gasteiger partial charge in [0.05, 0.1) is 0 Å². The third-order valence-electron chi connectivity index (χ3n) is 5.60. The van der Waals surface area contributed by atoms with E-state index in [-0.39, 0.29) is 11.7 Å². The number of aryl methyl sites for hydroxylation is 2. The summed E-state index contributed by atoms with van der Waals surface area (Å²) in [6, 6.07) is 14.0. The summed E-state index contributed by atoms with van der Waals surface area (Å²) in [6.45, 7) is 6.63. The van der Waals surface area contributed by atoms with Crippen LogP contribution < -0.4 is 4.90 Å². The zero-order valence-corrected chi connectivity index (χ0v) is 17.2. The highest BCUT2D eigenvalue weighted by Crippen LogP contribution is 2.23. The van der Waals surface area contributed by atoms with Crippen LogP contribution in [0.2, 0.25) is 0 Å². The van der Waals surface area contributed by atoms with Crippen molar-refractivity contribution in [2.75, 3.05) is 31.1 Å². The summed E-state index contributed by atoms with van der Waals surface area (Å²) < 4.78 is 15.2. The van der Waals surface area contributed by atoms with E-state index in [0.717, 1.165) is 18.7 Å². The highest BCUT2D eigenvalue weighted by Gasteiger charge is 2.31. The lowest BCUT2D eigenvalue weighted by Crippen LogP contribution is -2.51. The molecule has 2 aromatic carbocycles. The fraction of sp³-hybridized carbons (Fsp3) is 0.364. The molecule has 0 radical (unpaired) electrons. The lowest BCUT2D eigenvalue weighted by molar-refractivity contribution is -0.135. The van der Waals surface area contributed by atoms with Gasteiger partial charge >= 0.3 is 0 Å². The second kappa shape index (κ2) is 8.61. The Kier molecular flexibility index (Phi) is 5.74. The van der Waals surface area contributed by atoms with Crippen molar-refractivity contribution in [1.29, 1.82) is 0 Å². The Labute approximate surface area is 175 Å². The van der Waals surface area contributed by atoms with Crippen LogP contribution in [0.25, 0.3) is 0 Å². The van der Waals surface area contributed by atoms with Gasteiger partial charge in [0.15, 0.2) is 0 Å². The molecule has 1 fully saturated rings. The molecule has 0 aliphatic carbocycles. The number of rotatable bonds is 5. The van der Waals surface area contributed by atoms with Gasteiger partial charge in [-0.25, -0.2) is 9.07 Å². The van der Waals surface area contributed by atoms with Crippen molar-refractivity contribution < 1.29 is 9.18 Å². The Bertz CT molecular complexity index is 1030. The third kappa shape index (κ3) is 4.17. The molecule has 8 heteroatoms. The predicted octanol–water partition coefficient (Wildman–Crippen LogP) is 2.56. The number of piperazine rings is 1. The molecule has 0 saturated carbocycles. The number of halogens is 1. The molecule has 1 aliphatic rings. The van der Waals surface area contributed by atoms with Crippen LogP contribution in [0.15, 0.2) is 48.5 Å². The first kappa shape index (κ1) is 20.0. The fourth-order valence-corrected chi connectivity index (χ4v) is 3.99. The van der Waals surface area contributed by atoms with Gasteiger partial charge in [-0.05, 0) is 53.6 Å². The standard InChI is InChI=1S/C22H25FN6O/c1-16-6-3-4-9-20(16)27-10-12-28(13-11-27)22(30)21(29-17(2)24-25-26-29)15-18-7-5-8-19(23)14-18/h3-9,14,21H,10-13,15H2,1-2H3. The van der Waals surface area contributed by atoms with Gasteiger partial charge in [-0.1, -0.05) is 30.3 Å². The number of aromatic nitrogens is 4. The number of carbonyl (C=O) groups is 1. The van der Waals surface area contributed by atoms with Crippen molar-refractivity contribution in [3.63, 3.8) is 0 Å². The first-order valence-electron chi connectivity index (χ1n) is 10.1. The van der Waals surface area contributed by atoms with E-state index in [0.29, 0.717) is 25.3 Å². The molecule has 1 amide bonds. The van der Waals surface area contributed by atoms with E-state index in [4.69, 9.17) is 0 Å². The van der Waals surface area contributed by atoms with Crippen LogP contribution in [0.1, 0.15) is 23.0 Å². The molecule has 0 N–H and O–H groups in total. The Morgan fingerprint density at radius 1 is 1.07 bits per heavy atom. The minimum absolute atomic E-state index is 0.0425. The molecular weight excluding hydrogens is 383 g/mol. The topological polar surface area (TPSA) is 67.2 Å². The largest absolute Gasteiger partial charge is 0.368 e. The minimum atomic E-state index is -0.605. The van der Waals surface area contributed by atoms with E-state index in [2.05, 4.69) is 39.5 Å². The molecular formula is C22H25FN6O. The molecule has 1 saturated heterocycles. The number of nitrogens with zero attached hydrogens (tertiary/aromatic N) is 6. The first-order chi connectivity index (χ1) is 14.5. The summed E-state index contributed by atoms with van der Waals surface area (Å²) in [4.78, 5) is 17.6. The quantitative estimate of drug-likeness (QED) is 0.649. The number of tetrazole rings is 1. The zero-order valence-electron chi connectivity index (χ0n) is 17.2. The summed E-state index contributed by atoms with van der Waals surface area (Å²) in [5, 5.41) is 11.7. The Balaban J connectivity index is 1.51. The van der Waals surface area contributed by atoms with Crippen LogP contribution in [-0.4, -0.2) is 57.2 Å². The Hall–Kier alpha value is -3.29. The van der Waals surface area contributed by atoms with Crippen LogP contribution in [0, 0.1) is 19.7 Å². The van der Waals surface area contributed by atoms with Gasteiger partial charge in [0.25, 0.3) is 0 Å². The lowest BCUT2D eigenvalue weighted by atomic mass is 10.0. The molecule has 0 spiro atoms. The smallest absolute Gasteiger partial charge is 0.248 e. The third-order valence-corrected chi connectivity index (χ3v) is 5.60. The molecule has 1 aliphatic heterocycles.